The highest BCUT2D eigenvalue weighted by Gasteiger charge is 2.14. The molecule has 0 radical (unpaired) electrons. The molecule has 23 heavy (non-hydrogen) atoms. The fraction of sp³-hybridized carbons (Fsp3) is 0.529. The third-order valence-corrected chi connectivity index (χ3v) is 4.43. The van der Waals surface area contributed by atoms with Crippen molar-refractivity contribution in [3.8, 4) is 11.5 Å². The Hall–Kier alpha value is -1.82. The van der Waals surface area contributed by atoms with E-state index >= 15 is 0 Å². The third kappa shape index (κ3) is 4.34. The number of nitrogens with one attached hydrogen (secondary N) is 2. The first-order valence-corrected chi connectivity index (χ1v) is 8.64. The Labute approximate surface area is 142 Å². The van der Waals surface area contributed by atoms with E-state index in [9.17, 15) is 0 Å². The number of nitrogens with zero attached hydrogens (tertiary/aromatic N) is 1. The van der Waals surface area contributed by atoms with Crippen LogP contribution in [0.4, 0.5) is 0 Å². The molecule has 1 aromatic carbocycles. The fourth-order valence-corrected chi connectivity index (χ4v) is 3.14. The van der Waals surface area contributed by atoms with Gasteiger partial charge in [-0.05, 0) is 50.2 Å². The summed E-state index contributed by atoms with van der Waals surface area (Å²) in [7, 11) is 0. The zero-order valence-corrected chi connectivity index (χ0v) is 14.2. The second kappa shape index (κ2) is 7.64. The van der Waals surface area contributed by atoms with Crippen LogP contribution < -0.4 is 20.2 Å². The molecule has 0 bridgehead atoms. The molecule has 0 amide bonds. The van der Waals surface area contributed by atoms with E-state index in [-0.39, 0.29) is 0 Å². The van der Waals surface area contributed by atoms with Gasteiger partial charge in [-0.25, -0.2) is 0 Å². The standard InChI is InChI=1S/C17H23N3O2S/c1-12(13-7-8-15-16(11-13)22-10-9-21-15)19-20-17(23)18-14-5-3-2-4-6-14/h7-8,11,14H,2-6,9-10H2,1H3,(H2,18,20,23)/b19-12-. The topological polar surface area (TPSA) is 54.9 Å². The molecular formula is C17H23N3O2S. The van der Waals surface area contributed by atoms with Gasteiger partial charge in [0.25, 0.3) is 0 Å². The SMILES string of the molecule is C/C(=N/NC(=S)NC1CCCCC1)c1ccc2c(c1)OCCO2. The lowest BCUT2D eigenvalue weighted by Crippen LogP contribution is -2.41. The fourth-order valence-electron chi connectivity index (χ4n) is 2.93. The number of thiocarbonyl (C=S) groups is 1. The average Bonchev–Trinajstić information content (AvgIpc) is 2.60. The molecule has 1 fully saturated rings. The van der Waals surface area contributed by atoms with Crippen LogP contribution in [0.5, 0.6) is 11.5 Å². The zero-order valence-electron chi connectivity index (χ0n) is 13.4. The average molecular weight is 333 g/mol. The van der Waals surface area contributed by atoms with Crippen molar-refractivity contribution in [2.24, 2.45) is 5.10 Å². The van der Waals surface area contributed by atoms with Crippen molar-refractivity contribution < 1.29 is 9.47 Å². The summed E-state index contributed by atoms with van der Waals surface area (Å²) in [6.45, 7) is 3.13. The van der Waals surface area contributed by atoms with Crippen LogP contribution in [0.2, 0.25) is 0 Å². The first-order valence-electron chi connectivity index (χ1n) is 8.23. The minimum absolute atomic E-state index is 0.480. The van der Waals surface area contributed by atoms with Gasteiger partial charge in [0.05, 0.1) is 5.71 Å². The lowest BCUT2D eigenvalue weighted by Gasteiger charge is -2.23. The van der Waals surface area contributed by atoms with Gasteiger partial charge in [0.2, 0.25) is 0 Å². The zero-order chi connectivity index (χ0) is 16.1. The van der Waals surface area contributed by atoms with Crippen molar-refractivity contribution in [3.05, 3.63) is 23.8 Å². The molecule has 1 heterocycles. The van der Waals surface area contributed by atoms with Gasteiger partial charge >= 0.3 is 0 Å². The van der Waals surface area contributed by atoms with Gasteiger partial charge in [-0.15, -0.1) is 0 Å². The first kappa shape index (κ1) is 16.1. The molecule has 2 aliphatic rings. The predicted octanol–water partition coefficient (Wildman–Crippen LogP) is 2.98. The van der Waals surface area contributed by atoms with Crippen LogP contribution in [0.1, 0.15) is 44.6 Å². The summed E-state index contributed by atoms with van der Waals surface area (Å²) < 4.78 is 11.1. The van der Waals surface area contributed by atoms with E-state index in [1.165, 1.54) is 32.1 Å². The maximum absolute atomic E-state index is 5.60. The second-order valence-electron chi connectivity index (χ2n) is 5.98. The molecule has 0 atom stereocenters. The summed E-state index contributed by atoms with van der Waals surface area (Å²) in [6.07, 6.45) is 6.26. The van der Waals surface area contributed by atoms with Gasteiger partial charge in [0.1, 0.15) is 13.2 Å². The summed E-state index contributed by atoms with van der Waals surface area (Å²) >= 11 is 5.33. The summed E-state index contributed by atoms with van der Waals surface area (Å²) in [5.74, 6) is 1.56. The Morgan fingerprint density at radius 2 is 1.87 bits per heavy atom. The molecule has 3 rings (SSSR count). The number of ether oxygens (including phenoxy) is 2. The van der Waals surface area contributed by atoms with Crippen LogP contribution >= 0.6 is 12.2 Å². The molecule has 0 saturated heterocycles. The predicted molar refractivity (Wildman–Crippen MR) is 95.4 cm³/mol. The van der Waals surface area contributed by atoms with Crippen molar-refractivity contribution in [1.82, 2.24) is 10.7 Å². The van der Waals surface area contributed by atoms with Gasteiger partial charge in [0.15, 0.2) is 16.6 Å². The molecule has 2 N–H and O–H groups in total. The van der Waals surface area contributed by atoms with Gasteiger partial charge in [-0.3, -0.25) is 5.43 Å². The molecule has 0 unspecified atom stereocenters. The van der Waals surface area contributed by atoms with Crippen molar-refractivity contribution in [1.29, 1.82) is 0 Å². The highest BCUT2D eigenvalue weighted by atomic mass is 32.1. The highest BCUT2D eigenvalue weighted by molar-refractivity contribution is 7.80. The first-order chi connectivity index (χ1) is 11.2. The molecular weight excluding hydrogens is 310 g/mol. The van der Waals surface area contributed by atoms with E-state index < -0.39 is 0 Å². The minimum atomic E-state index is 0.480. The van der Waals surface area contributed by atoms with Crippen LogP contribution in [0.25, 0.3) is 0 Å². The number of fused-ring (bicyclic) bond motifs is 1. The summed E-state index contributed by atoms with van der Waals surface area (Å²) in [6, 6.07) is 6.33. The lowest BCUT2D eigenvalue weighted by molar-refractivity contribution is 0.171. The molecule has 6 heteroatoms. The van der Waals surface area contributed by atoms with Crippen LogP contribution in [-0.2, 0) is 0 Å². The van der Waals surface area contributed by atoms with Crippen molar-refractivity contribution in [3.63, 3.8) is 0 Å². The summed E-state index contributed by atoms with van der Waals surface area (Å²) in [4.78, 5) is 0. The Balaban J connectivity index is 1.57. The maximum atomic E-state index is 5.60. The Morgan fingerprint density at radius 1 is 1.13 bits per heavy atom. The van der Waals surface area contributed by atoms with Crippen LogP contribution in [0.3, 0.4) is 0 Å². The van der Waals surface area contributed by atoms with Crippen molar-refractivity contribution in [2.45, 2.75) is 45.1 Å². The lowest BCUT2D eigenvalue weighted by atomic mass is 9.96. The number of hydrogen-bond donors (Lipinski definition) is 2. The molecule has 1 saturated carbocycles. The maximum Gasteiger partial charge on any atom is 0.187 e. The van der Waals surface area contributed by atoms with E-state index in [1.807, 2.05) is 25.1 Å². The van der Waals surface area contributed by atoms with Crippen molar-refractivity contribution >= 4 is 23.0 Å². The van der Waals surface area contributed by atoms with E-state index in [1.54, 1.807) is 0 Å². The number of rotatable bonds is 3. The quantitative estimate of drug-likeness (QED) is 0.506. The third-order valence-electron chi connectivity index (χ3n) is 4.23. The molecule has 1 aliphatic carbocycles. The van der Waals surface area contributed by atoms with Crippen LogP contribution in [0.15, 0.2) is 23.3 Å². The van der Waals surface area contributed by atoms with E-state index in [2.05, 4.69) is 15.8 Å². The Morgan fingerprint density at radius 3 is 2.65 bits per heavy atom. The highest BCUT2D eigenvalue weighted by Crippen LogP contribution is 2.30. The monoisotopic (exact) mass is 333 g/mol. The summed E-state index contributed by atoms with van der Waals surface area (Å²) in [5, 5.41) is 8.31. The largest absolute Gasteiger partial charge is 0.486 e. The van der Waals surface area contributed by atoms with E-state index in [4.69, 9.17) is 21.7 Å². The molecule has 0 aromatic heterocycles. The molecule has 5 nitrogen and oxygen atoms in total. The number of hydrazone groups is 1. The van der Waals surface area contributed by atoms with Gasteiger partial charge in [-0.1, -0.05) is 19.3 Å². The normalized spacial score (nSPS) is 18.4. The number of benzene rings is 1. The van der Waals surface area contributed by atoms with Gasteiger partial charge in [-0.2, -0.15) is 5.10 Å². The van der Waals surface area contributed by atoms with Crippen LogP contribution in [0, 0.1) is 0 Å². The van der Waals surface area contributed by atoms with E-state index in [0.717, 1.165) is 22.8 Å². The molecule has 124 valence electrons. The van der Waals surface area contributed by atoms with Crippen LogP contribution in [-0.4, -0.2) is 30.1 Å². The molecule has 0 spiro atoms. The Kier molecular flexibility index (Phi) is 5.33. The second-order valence-corrected chi connectivity index (χ2v) is 6.38. The van der Waals surface area contributed by atoms with E-state index in [0.29, 0.717) is 24.4 Å². The van der Waals surface area contributed by atoms with Gasteiger partial charge < -0.3 is 14.8 Å². The number of hydrogen-bond acceptors (Lipinski definition) is 4. The smallest absolute Gasteiger partial charge is 0.187 e. The molecule has 1 aromatic rings. The molecule has 1 aliphatic heterocycles. The van der Waals surface area contributed by atoms with Gasteiger partial charge in [0, 0.05) is 11.6 Å². The Bertz CT molecular complexity index is 598. The summed E-state index contributed by atoms with van der Waals surface area (Å²) in [5.41, 5.74) is 4.79. The van der Waals surface area contributed by atoms with Crippen molar-refractivity contribution in [2.75, 3.05) is 13.2 Å². The minimum Gasteiger partial charge on any atom is -0.486 e.